The molecule has 0 unspecified atom stereocenters. The van der Waals surface area contributed by atoms with Crippen molar-refractivity contribution in [3.05, 3.63) is 30.3 Å². The standard InChI is InChI=1S/C15H22N2O2.ClH/c18-15(16-14-8-3-1-4-9-14)19-13-7-12-17-10-5-2-6-11-17;/h1,3-4,8-9H,2,5-7,10-13H2,(H,16,18);1H. The quantitative estimate of drug-likeness (QED) is 0.846. The molecule has 1 aromatic carbocycles. The Bertz CT molecular complexity index is 381. The third-order valence-electron chi connectivity index (χ3n) is 3.32. The van der Waals surface area contributed by atoms with Gasteiger partial charge in [-0.05, 0) is 44.5 Å². The molecule has 4 nitrogen and oxygen atoms in total. The molecule has 20 heavy (non-hydrogen) atoms. The second kappa shape index (κ2) is 9.61. The van der Waals surface area contributed by atoms with E-state index in [4.69, 9.17) is 4.74 Å². The monoisotopic (exact) mass is 298 g/mol. The highest BCUT2D eigenvalue weighted by molar-refractivity contribution is 5.85. The summed E-state index contributed by atoms with van der Waals surface area (Å²) in [5.74, 6) is 0. The Balaban J connectivity index is 0.00000200. The van der Waals surface area contributed by atoms with Gasteiger partial charge in [-0.25, -0.2) is 4.79 Å². The molecule has 1 aliphatic heterocycles. The van der Waals surface area contributed by atoms with Gasteiger partial charge in [0.1, 0.15) is 0 Å². The summed E-state index contributed by atoms with van der Waals surface area (Å²) in [6, 6.07) is 9.36. The normalized spacial score (nSPS) is 15.2. The van der Waals surface area contributed by atoms with Crippen molar-refractivity contribution in [1.82, 2.24) is 4.90 Å². The number of piperidine rings is 1. The molecular weight excluding hydrogens is 276 g/mol. The first-order valence-corrected chi connectivity index (χ1v) is 7.06. The maximum Gasteiger partial charge on any atom is 0.411 e. The molecule has 0 saturated carbocycles. The van der Waals surface area contributed by atoms with Gasteiger partial charge < -0.3 is 9.64 Å². The molecule has 1 fully saturated rings. The van der Waals surface area contributed by atoms with Gasteiger partial charge in [-0.15, -0.1) is 12.4 Å². The first-order chi connectivity index (χ1) is 9.34. The van der Waals surface area contributed by atoms with Crippen LogP contribution in [0.25, 0.3) is 0 Å². The summed E-state index contributed by atoms with van der Waals surface area (Å²) < 4.78 is 5.16. The number of carbonyl (C=O) groups excluding carboxylic acids is 1. The summed E-state index contributed by atoms with van der Waals surface area (Å²) in [7, 11) is 0. The molecule has 1 aromatic rings. The first kappa shape index (κ1) is 16.8. The summed E-state index contributed by atoms with van der Waals surface area (Å²) in [6.45, 7) is 3.89. The van der Waals surface area contributed by atoms with E-state index in [2.05, 4.69) is 10.2 Å². The van der Waals surface area contributed by atoms with E-state index >= 15 is 0 Å². The predicted molar refractivity (Wildman–Crippen MR) is 83.6 cm³/mol. The van der Waals surface area contributed by atoms with Gasteiger partial charge in [0.15, 0.2) is 0 Å². The summed E-state index contributed by atoms with van der Waals surface area (Å²) >= 11 is 0. The van der Waals surface area contributed by atoms with Gasteiger partial charge >= 0.3 is 6.09 Å². The van der Waals surface area contributed by atoms with Crippen LogP contribution < -0.4 is 5.32 Å². The lowest BCUT2D eigenvalue weighted by atomic mass is 10.1. The van der Waals surface area contributed by atoms with Crippen LogP contribution >= 0.6 is 12.4 Å². The van der Waals surface area contributed by atoms with E-state index in [9.17, 15) is 4.79 Å². The molecule has 0 radical (unpaired) electrons. The highest BCUT2D eigenvalue weighted by Crippen LogP contribution is 2.09. The molecule has 1 heterocycles. The van der Waals surface area contributed by atoms with E-state index in [-0.39, 0.29) is 18.5 Å². The summed E-state index contributed by atoms with van der Waals surface area (Å²) in [4.78, 5) is 14.0. The highest BCUT2D eigenvalue weighted by Gasteiger charge is 2.09. The fourth-order valence-corrected chi connectivity index (χ4v) is 2.31. The second-order valence-corrected chi connectivity index (χ2v) is 4.88. The van der Waals surface area contributed by atoms with Crippen molar-refractivity contribution in [2.24, 2.45) is 0 Å². The van der Waals surface area contributed by atoms with Gasteiger partial charge in [-0.2, -0.15) is 0 Å². The Hall–Kier alpha value is -1.26. The largest absolute Gasteiger partial charge is 0.449 e. The highest BCUT2D eigenvalue weighted by atomic mass is 35.5. The van der Waals surface area contributed by atoms with Crippen LogP contribution in [0, 0.1) is 0 Å². The Morgan fingerprint density at radius 2 is 1.85 bits per heavy atom. The Morgan fingerprint density at radius 1 is 1.15 bits per heavy atom. The number of likely N-dealkylation sites (tertiary alicyclic amines) is 1. The third-order valence-corrected chi connectivity index (χ3v) is 3.32. The van der Waals surface area contributed by atoms with Crippen molar-refractivity contribution in [2.45, 2.75) is 25.7 Å². The minimum Gasteiger partial charge on any atom is -0.449 e. The number of anilines is 1. The molecule has 1 amide bonds. The predicted octanol–water partition coefficient (Wildman–Crippen LogP) is 3.53. The number of para-hydroxylation sites is 1. The smallest absolute Gasteiger partial charge is 0.411 e. The van der Waals surface area contributed by atoms with Gasteiger partial charge in [-0.3, -0.25) is 5.32 Å². The van der Waals surface area contributed by atoms with Crippen molar-refractivity contribution in [1.29, 1.82) is 0 Å². The van der Waals surface area contributed by atoms with E-state index < -0.39 is 0 Å². The average molecular weight is 299 g/mol. The molecule has 1 aliphatic rings. The molecule has 112 valence electrons. The number of amides is 1. The van der Waals surface area contributed by atoms with Crippen LogP contribution in [0.5, 0.6) is 0 Å². The summed E-state index contributed by atoms with van der Waals surface area (Å²) in [6.07, 6.45) is 4.49. The minimum absolute atomic E-state index is 0. The Kier molecular flexibility index (Phi) is 8.07. The van der Waals surface area contributed by atoms with Gasteiger partial charge in [0, 0.05) is 12.2 Å². The van der Waals surface area contributed by atoms with Gasteiger partial charge in [-0.1, -0.05) is 24.6 Å². The molecule has 1 saturated heterocycles. The molecule has 0 atom stereocenters. The minimum atomic E-state index is -0.371. The maximum absolute atomic E-state index is 11.5. The lowest BCUT2D eigenvalue weighted by Gasteiger charge is -2.26. The van der Waals surface area contributed by atoms with Crippen LogP contribution in [-0.4, -0.2) is 37.2 Å². The number of halogens is 1. The fraction of sp³-hybridized carbons (Fsp3) is 0.533. The van der Waals surface area contributed by atoms with Crippen molar-refractivity contribution in [3.8, 4) is 0 Å². The number of ether oxygens (including phenoxy) is 1. The molecule has 0 bridgehead atoms. The van der Waals surface area contributed by atoms with Crippen molar-refractivity contribution < 1.29 is 9.53 Å². The summed E-state index contributed by atoms with van der Waals surface area (Å²) in [5.41, 5.74) is 0.767. The molecule has 2 rings (SSSR count). The SMILES string of the molecule is Cl.O=C(Nc1ccccc1)OCCCN1CCCCC1. The fourth-order valence-electron chi connectivity index (χ4n) is 2.31. The number of hydrogen-bond acceptors (Lipinski definition) is 3. The van der Waals surface area contributed by atoms with E-state index in [0.717, 1.165) is 18.7 Å². The number of hydrogen-bond donors (Lipinski definition) is 1. The van der Waals surface area contributed by atoms with Gasteiger partial charge in [0.2, 0.25) is 0 Å². The van der Waals surface area contributed by atoms with Crippen molar-refractivity contribution in [2.75, 3.05) is 31.6 Å². The van der Waals surface area contributed by atoms with Crippen LogP contribution in [0.4, 0.5) is 10.5 Å². The average Bonchev–Trinajstić information content (AvgIpc) is 2.46. The summed E-state index contributed by atoms with van der Waals surface area (Å²) in [5, 5.41) is 2.71. The van der Waals surface area contributed by atoms with E-state index in [0.29, 0.717) is 6.61 Å². The molecule has 5 heteroatoms. The number of nitrogens with one attached hydrogen (secondary N) is 1. The number of rotatable bonds is 5. The third kappa shape index (κ3) is 6.26. The van der Waals surface area contributed by atoms with Gasteiger partial charge in [0.05, 0.1) is 6.61 Å². The van der Waals surface area contributed by atoms with Crippen LogP contribution in [0.2, 0.25) is 0 Å². The Morgan fingerprint density at radius 3 is 2.55 bits per heavy atom. The van der Waals surface area contributed by atoms with E-state index in [1.54, 1.807) is 0 Å². The second-order valence-electron chi connectivity index (χ2n) is 4.88. The van der Waals surface area contributed by atoms with Crippen LogP contribution in [0.3, 0.4) is 0 Å². The molecule has 0 aromatic heterocycles. The lowest BCUT2D eigenvalue weighted by molar-refractivity contribution is 0.148. The lowest BCUT2D eigenvalue weighted by Crippen LogP contribution is -2.31. The van der Waals surface area contributed by atoms with Crippen molar-refractivity contribution in [3.63, 3.8) is 0 Å². The van der Waals surface area contributed by atoms with Crippen LogP contribution in [-0.2, 0) is 4.74 Å². The molecule has 0 aliphatic carbocycles. The van der Waals surface area contributed by atoms with E-state index in [1.807, 2.05) is 30.3 Å². The molecule has 0 spiro atoms. The number of carbonyl (C=O) groups is 1. The molecular formula is C15H23ClN2O2. The van der Waals surface area contributed by atoms with Crippen LogP contribution in [0.15, 0.2) is 30.3 Å². The van der Waals surface area contributed by atoms with E-state index in [1.165, 1.54) is 32.4 Å². The zero-order valence-corrected chi connectivity index (χ0v) is 12.5. The topological polar surface area (TPSA) is 41.6 Å². The number of nitrogens with zero attached hydrogens (tertiary/aromatic N) is 1. The van der Waals surface area contributed by atoms with Gasteiger partial charge in [0.25, 0.3) is 0 Å². The first-order valence-electron chi connectivity index (χ1n) is 7.06. The van der Waals surface area contributed by atoms with Crippen molar-refractivity contribution >= 4 is 24.2 Å². The number of benzene rings is 1. The zero-order valence-electron chi connectivity index (χ0n) is 11.7. The zero-order chi connectivity index (χ0) is 13.3. The molecule has 1 N–H and O–H groups in total. The Labute approximate surface area is 126 Å². The maximum atomic E-state index is 11.5. The van der Waals surface area contributed by atoms with Crippen LogP contribution in [0.1, 0.15) is 25.7 Å².